The number of fused-ring (bicyclic) bond motifs is 1. The Hall–Kier alpha value is -1.89. The van der Waals surface area contributed by atoms with E-state index < -0.39 is 0 Å². The van der Waals surface area contributed by atoms with Gasteiger partial charge >= 0.3 is 6.03 Å². The first-order valence-electron chi connectivity index (χ1n) is 6.09. The van der Waals surface area contributed by atoms with Crippen LogP contribution in [0.1, 0.15) is 5.69 Å². The molecule has 18 heavy (non-hydrogen) atoms. The van der Waals surface area contributed by atoms with Gasteiger partial charge in [0.15, 0.2) is 5.82 Å². The van der Waals surface area contributed by atoms with Crippen LogP contribution in [0, 0.1) is 0 Å². The summed E-state index contributed by atoms with van der Waals surface area (Å²) < 4.78 is 0. The maximum absolute atomic E-state index is 11.5. The number of rotatable bonds is 2. The molecule has 1 unspecified atom stereocenters. The summed E-state index contributed by atoms with van der Waals surface area (Å²) in [5, 5.41) is 2.86. The van der Waals surface area contributed by atoms with Crippen LogP contribution in [0.15, 0.2) is 12.4 Å². The Bertz CT molecular complexity index is 465. The van der Waals surface area contributed by atoms with Crippen molar-refractivity contribution in [3.63, 3.8) is 0 Å². The van der Waals surface area contributed by atoms with E-state index in [1.54, 1.807) is 12.4 Å². The summed E-state index contributed by atoms with van der Waals surface area (Å²) in [7, 11) is 0. The molecule has 3 rings (SSSR count). The highest BCUT2D eigenvalue weighted by molar-refractivity contribution is 5.77. The summed E-state index contributed by atoms with van der Waals surface area (Å²) in [5.41, 5.74) is 6.49. The third-order valence-corrected chi connectivity index (χ3v) is 3.48. The van der Waals surface area contributed by atoms with Crippen molar-refractivity contribution in [2.45, 2.75) is 12.6 Å². The molecule has 0 bridgehead atoms. The average molecular weight is 248 g/mol. The van der Waals surface area contributed by atoms with Gasteiger partial charge in [-0.15, -0.1) is 0 Å². The van der Waals surface area contributed by atoms with Crippen LogP contribution in [-0.4, -0.2) is 53.1 Å². The molecule has 0 saturated carbocycles. The highest BCUT2D eigenvalue weighted by atomic mass is 16.2. The lowest BCUT2D eigenvalue weighted by molar-refractivity contribution is 0.197. The Labute approximate surface area is 105 Å². The summed E-state index contributed by atoms with van der Waals surface area (Å²) in [4.78, 5) is 24.2. The van der Waals surface area contributed by atoms with E-state index in [0.29, 0.717) is 13.1 Å². The molecule has 96 valence electrons. The topological polar surface area (TPSA) is 87.4 Å². The number of aromatic nitrogens is 2. The van der Waals surface area contributed by atoms with Crippen LogP contribution in [0.3, 0.4) is 0 Å². The first-order valence-corrected chi connectivity index (χ1v) is 6.09. The molecule has 0 radical (unpaired) electrons. The molecule has 0 aliphatic carbocycles. The van der Waals surface area contributed by atoms with Gasteiger partial charge in [-0.3, -0.25) is 4.98 Å². The molecule has 2 amide bonds. The minimum absolute atomic E-state index is 0.0397. The maximum Gasteiger partial charge on any atom is 0.317 e. The van der Waals surface area contributed by atoms with Crippen molar-refractivity contribution < 1.29 is 4.79 Å². The number of piperazine rings is 1. The fourth-order valence-corrected chi connectivity index (χ4v) is 2.56. The second-order valence-corrected chi connectivity index (χ2v) is 4.51. The van der Waals surface area contributed by atoms with Gasteiger partial charge in [0.05, 0.1) is 11.7 Å². The first kappa shape index (κ1) is 11.2. The third-order valence-electron chi connectivity index (χ3n) is 3.48. The Morgan fingerprint density at radius 1 is 1.39 bits per heavy atom. The van der Waals surface area contributed by atoms with E-state index in [1.165, 1.54) is 0 Å². The van der Waals surface area contributed by atoms with E-state index >= 15 is 0 Å². The lowest BCUT2D eigenvalue weighted by Gasteiger charge is -2.37. The number of nitrogens with zero attached hydrogens (tertiary/aromatic N) is 4. The van der Waals surface area contributed by atoms with Crippen LogP contribution >= 0.6 is 0 Å². The predicted octanol–water partition coefficient (Wildman–Crippen LogP) is -0.851. The molecule has 3 N–H and O–H groups in total. The van der Waals surface area contributed by atoms with Crippen molar-refractivity contribution >= 4 is 11.8 Å². The van der Waals surface area contributed by atoms with Crippen molar-refractivity contribution in [3.05, 3.63) is 18.1 Å². The van der Waals surface area contributed by atoms with Gasteiger partial charge in [0, 0.05) is 45.1 Å². The van der Waals surface area contributed by atoms with E-state index in [1.807, 2.05) is 4.90 Å². The number of anilines is 1. The second kappa shape index (κ2) is 4.41. The normalized spacial score (nSPS) is 22.9. The Morgan fingerprint density at radius 2 is 2.22 bits per heavy atom. The molecule has 7 nitrogen and oxygen atoms in total. The number of urea groups is 1. The number of hydrogen-bond acceptors (Lipinski definition) is 5. The molecule has 1 aromatic rings. The van der Waals surface area contributed by atoms with Gasteiger partial charge in [0.25, 0.3) is 0 Å². The van der Waals surface area contributed by atoms with Gasteiger partial charge in [-0.05, 0) is 0 Å². The molecule has 1 atom stereocenters. The number of amides is 2. The van der Waals surface area contributed by atoms with Crippen molar-refractivity contribution in [3.8, 4) is 0 Å². The quantitative estimate of drug-likeness (QED) is 0.712. The molecular weight excluding hydrogens is 232 g/mol. The van der Waals surface area contributed by atoms with E-state index in [-0.39, 0.29) is 12.1 Å². The highest BCUT2D eigenvalue weighted by Crippen LogP contribution is 2.21. The van der Waals surface area contributed by atoms with Crippen LogP contribution in [-0.2, 0) is 6.54 Å². The largest absolute Gasteiger partial charge is 0.351 e. The lowest BCUT2D eigenvalue weighted by Crippen LogP contribution is -2.52. The third kappa shape index (κ3) is 1.76. The van der Waals surface area contributed by atoms with Crippen LogP contribution < -0.4 is 16.0 Å². The second-order valence-electron chi connectivity index (χ2n) is 4.51. The zero-order valence-corrected chi connectivity index (χ0v) is 10.0. The summed E-state index contributed by atoms with van der Waals surface area (Å²) in [6.45, 7) is 3.36. The standard InChI is InChI=1S/C11H16N6O/c12-5-9-10(14-2-1-13-9)16-3-4-17-8(7-16)6-15-11(17)18/h1-2,8H,3-7,12H2,(H,15,18). The summed E-state index contributed by atoms with van der Waals surface area (Å²) in [5.74, 6) is 0.846. The Morgan fingerprint density at radius 3 is 3.06 bits per heavy atom. The van der Waals surface area contributed by atoms with Gasteiger partial charge in [-0.25, -0.2) is 9.78 Å². The lowest BCUT2D eigenvalue weighted by atomic mass is 10.2. The average Bonchev–Trinajstić information content (AvgIpc) is 2.80. The molecule has 7 heteroatoms. The van der Waals surface area contributed by atoms with Crippen LogP contribution in [0.4, 0.5) is 10.6 Å². The maximum atomic E-state index is 11.5. The van der Waals surface area contributed by atoms with E-state index in [4.69, 9.17) is 5.73 Å². The van der Waals surface area contributed by atoms with Gasteiger partial charge in [-0.1, -0.05) is 0 Å². The molecule has 2 aliphatic heterocycles. The van der Waals surface area contributed by atoms with Crippen molar-refractivity contribution in [2.75, 3.05) is 31.1 Å². The molecular formula is C11H16N6O. The number of nitrogens with two attached hydrogens (primary N) is 1. The number of hydrogen-bond donors (Lipinski definition) is 2. The van der Waals surface area contributed by atoms with Gasteiger partial charge < -0.3 is 20.9 Å². The van der Waals surface area contributed by atoms with E-state index in [2.05, 4.69) is 20.2 Å². The molecule has 3 heterocycles. The van der Waals surface area contributed by atoms with Crippen LogP contribution in [0.5, 0.6) is 0 Å². The predicted molar refractivity (Wildman–Crippen MR) is 66.0 cm³/mol. The van der Waals surface area contributed by atoms with Crippen molar-refractivity contribution in [2.24, 2.45) is 5.73 Å². The van der Waals surface area contributed by atoms with Gasteiger partial charge in [0.1, 0.15) is 0 Å². The zero-order chi connectivity index (χ0) is 12.5. The van der Waals surface area contributed by atoms with Crippen LogP contribution in [0.2, 0.25) is 0 Å². The minimum atomic E-state index is 0.0397. The fraction of sp³-hybridized carbons (Fsp3) is 0.545. The summed E-state index contributed by atoms with van der Waals surface area (Å²) in [6, 6.07) is 0.261. The van der Waals surface area contributed by atoms with Crippen molar-refractivity contribution in [1.29, 1.82) is 0 Å². The SMILES string of the molecule is NCc1nccnc1N1CCN2C(=O)NCC2C1. The molecule has 0 spiro atoms. The van der Waals surface area contributed by atoms with Gasteiger partial charge in [0.2, 0.25) is 0 Å². The zero-order valence-electron chi connectivity index (χ0n) is 10.0. The monoisotopic (exact) mass is 248 g/mol. The molecule has 2 aliphatic rings. The van der Waals surface area contributed by atoms with E-state index in [0.717, 1.165) is 31.1 Å². The minimum Gasteiger partial charge on any atom is -0.351 e. The Balaban J connectivity index is 1.80. The van der Waals surface area contributed by atoms with Crippen molar-refractivity contribution in [1.82, 2.24) is 20.2 Å². The fourth-order valence-electron chi connectivity index (χ4n) is 2.56. The number of nitrogens with one attached hydrogen (secondary N) is 1. The van der Waals surface area contributed by atoms with E-state index in [9.17, 15) is 4.79 Å². The molecule has 0 aromatic carbocycles. The summed E-state index contributed by atoms with van der Waals surface area (Å²) >= 11 is 0. The van der Waals surface area contributed by atoms with Crippen LogP contribution in [0.25, 0.3) is 0 Å². The molecule has 2 fully saturated rings. The number of carbonyl (C=O) groups excluding carboxylic acids is 1. The van der Waals surface area contributed by atoms with Gasteiger partial charge in [-0.2, -0.15) is 0 Å². The Kier molecular flexibility index (Phi) is 2.75. The smallest absolute Gasteiger partial charge is 0.317 e. The highest BCUT2D eigenvalue weighted by Gasteiger charge is 2.36. The molecule has 2 saturated heterocycles. The molecule has 1 aromatic heterocycles. The first-order chi connectivity index (χ1) is 8.79. The summed E-state index contributed by atoms with van der Waals surface area (Å²) in [6.07, 6.45) is 3.33. The number of carbonyl (C=O) groups is 1.